The molecule has 1 atom stereocenters. The molecule has 0 radical (unpaired) electrons. The lowest BCUT2D eigenvalue weighted by molar-refractivity contribution is -0.122. The summed E-state index contributed by atoms with van der Waals surface area (Å²) in [6.07, 6.45) is 2.63. The van der Waals surface area contributed by atoms with Gasteiger partial charge in [-0.05, 0) is 30.5 Å². The van der Waals surface area contributed by atoms with Crippen LogP contribution < -0.4 is 5.32 Å². The van der Waals surface area contributed by atoms with E-state index in [1.807, 2.05) is 19.9 Å². The SMILES string of the molecule is CC(C)(CNC(=O)CCOC[C@@H]1CCCO1)c1cccc(F)c1. The molecule has 1 aromatic rings. The predicted molar refractivity (Wildman–Crippen MR) is 86.8 cm³/mol. The van der Waals surface area contributed by atoms with Gasteiger partial charge in [0.05, 0.1) is 19.3 Å². The molecule has 1 aliphatic rings. The van der Waals surface area contributed by atoms with Gasteiger partial charge in [-0.1, -0.05) is 26.0 Å². The second-order valence-corrected chi connectivity index (χ2v) is 6.63. The molecule has 0 unspecified atom stereocenters. The summed E-state index contributed by atoms with van der Waals surface area (Å²) in [5.74, 6) is -0.314. The first kappa shape index (κ1) is 17.9. The highest BCUT2D eigenvalue weighted by atomic mass is 19.1. The Hall–Kier alpha value is -1.46. The molecule has 1 aromatic carbocycles. The van der Waals surface area contributed by atoms with Crippen molar-refractivity contribution in [2.24, 2.45) is 0 Å². The van der Waals surface area contributed by atoms with Crippen LogP contribution in [0.2, 0.25) is 0 Å². The molecule has 0 aliphatic carbocycles. The summed E-state index contributed by atoms with van der Waals surface area (Å²) in [7, 11) is 0. The topological polar surface area (TPSA) is 47.6 Å². The van der Waals surface area contributed by atoms with E-state index in [4.69, 9.17) is 9.47 Å². The van der Waals surface area contributed by atoms with Gasteiger partial charge >= 0.3 is 0 Å². The monoisotopic (exact) mass is 323 g/mol. The van der Waals surface area contributed by atoms with Gasteiger partial charge in [0.25, 0.3) is 0 Å². The van der Waals surface area contributed by atoms with Gasteiger partial charge in [0.2, 0.25) is 5.91 Å². The van der Waals surface area contributed by atoms with Crippen LogP contribution in [0.4, 0.5) is 4.39 Å². The Morgan fingerprint density at radius 3 is 3.00 bits per heavy atom. The third kappa shape index (κ3) is 5.92. The van der Waals surface area contributed by atoms with Crippen molar-refractivity contribution < 1.29 is 18.7 Å². The van der Waals surface area contributed by atoms with Crippen LogP contribution in [0.15, 0.2) is 24.3 Å². The van der Waals surface area contributed by atoms with Gasteiger partial charge in [-0.3, -0.25) is 4.79 Å². The zero-order valence-electron chi connectivity index (χ0n) is 13.9. The van der Waals surface area contributed by atoms with Crippen LogP contribution in [0.3, 0.4) is 0 Å². The van der Waals surface area contributed by atoms with Crippen molar-refractivity contribution in [3.63, 3.8) is 0 Å². The highest BCUT2D eigenvalue weighted by Crippen LogP contribution is 2.22. The molecule has 5 heteroatoms. The fraction of sp³-hybridized carbons (Fsp3) is 0.611. The molecule has 128 valence electrons. The van der Waals surface area contributed by atoms with Crippen molar-refractivity contribution in [3.8, 4) is 0 Å². The van der Waals surface area contributed by atoms with Gasteiger partial charge in [0.1, 0.15) is 5.82 Å². The maximum atomic E-state index is 13.3. The molecule has 2 rings (SSSR count). The van der Waals surface area contributed by atoms with Gasteiger partial charge in [-0.2, -0.15) is 0 Å². The minimum atomic E-state index is -0.323. The summed E-state index contributed by atoms with van der Waals surface area (Å²) in [5.41, 5.74) is 0.545. The highest BCUT2D eigenvalue weighted by Gasteiger charge is 2.22. The molecule has 0 bridgehead atoms. The number of carbonyl (C=O) groups excluding carboxylic acids is 1. The minimum absolute atomic E-state index is 0.0539. The van der Waals surface area contributed by atoms with Gasteiger partial charge < -0.3 is 14.8 Å². The second-order valence-electron chi connectivity index (χ2n) is 6.63. The molecule has 1 fully saturated rings. The Kier molecular flexibility index (Phi) is 6.54. The number of rotatable bonds is 8. The highest BCUT2D eigenvalue weighted by molar-refractivity contribution is 5.76. The molecule has 1 aliphatic heterocycles. The molecule has 4 nitrogen and oxygen atoms in total. The summed E-state index contributed by atoms with van der Waals surface area (Å²) in [4.78, 5) is 11.9. The van der Waals surface area contributed by atoms with E-state index >= 15 is 0 Å². The molecular weight excluding hydrogens is 297 g/mol. The minimum Gasteiger partial charge on any atom is -0.378 e. The van der Waals surface area contributed by atoms with Gasteiger partial charge in [-0.25, -0.2) is 4.39 Å². The zero-order chi connectivity index (χ0) is 16.7. The molecule has 0 aromatic heterocycles. The van der Waals surface area contributed by atoms with E-state index in [0.29, 0.717) is 26.2 Å². The second kappa shape index (κ2) is 8.41. The first-order valence-corrected chi connectivity index (χ1v) is 8.19. The third-order valence-corrected chi connectivity index (χ3v) is 4.13. The summed E-state index contributed by atoms with van der Waals surface area (Å²) in [6.45, 7) is 6.19. The Bertz CT molecular complexity index is 513. The van der Waals surface area contributed by atoms with Crippen molar-refractivity contribution in [3.05, 3.63) is 35.6 Å². The number of halogens is 1. The van der Waals surface area contributed by atoms with E-state index in [1.165, 1.54) is 12.1 Å². The van der Waals surface area contributed by atoms with E-state index in [2.05, 4.69) is 5.32 Å². The van der Waals surface area contributed by atoms with Crippen LogP contribution in [0.5, 0.6) is 0 Å². The number of benzene rings is 1. The van der Waals surface area contributed by atoms with Crippen molar-refractivity contribution in [2.75, 3.05) is 26.4 Å². The largest absolute Gasteiger partial charge is 0.378 e. The number of carbonyl (C=O) groups is 1. The van der Waals surface area contributed by atoms with Crippen LogP contribution in [0.1, 0.15) is 38.7 Å². The van der Waals surface area contributed by atoms with E-state index in [0.717, 1.165) is 25.0 Å². The zero-order valence-corrected chi connectivity index (χ0v) is 13.9. The lowest BCUT2D eigenvalue weighted by atomic mass is 9.84. The normalized spacial score (nSPS) is 18.1. The molecule has 1 N–H and O–H groups in total. The Morgan fingerprint density at radius 2 is 2.30 bits per heavy atom. The van der Waals surface area contributed by atoms with Crippen LogP contribution in [0, 0.1) is 5.82 Å². The molecular formula is C18H26FNO3. The summed E-state index contributed by atoms with van der Waals surface area (Å²) in [6, 6.07) is 6.49. The number of hydrogen-bond acceptors (Lipinski definition) is 3. The first-order chi connectivity index (χ1) is 11.0. The maximum absolute atomic E-state index is 13.3. The third-order valence-electron chi connectivity index (χ3n) is 4.13. The van der Waals surface area contributed by atoms with E-state index in [1.54, 1.807) is 6.07 Å². The molecule has 1 amide bonds. The lowest BCUT2D eigenvalue weighted by Gasteiger charge is -2.25. The van der Waals surface area contributed by atoms with Crippen molar-refractivity contribution >= 4 is 5.91 Å². The van der Waals surface area contributed by atoms with Gasteiger partial charge in [0, 0.05) is 25.0 Å². The quantitative estimate of drug-likeness (QED) is 0.748. The van der Waals surface area contributed by atoms with Crippen LogP contribution in [-0.4, -0.2) is 38.4 Å². The number of amides is 1. The van der Waals surface area contributed by atoms with Crippen LogP contribution in [-0.2, 0) is 19.7 Å². The van der Waals surface area contributed by atoms with Gasteiger partial charge in [0.15, 0.2) is 0 Å². The number of nitrogens with one attached hydrogen (secondary N) is 1. The number of ether oxygens (including phenoxy) is 2. The van der Waals surface area contributed by atoms with Crippen molar-refractivity contribution in [1.29, 1.82) is 0 Å². The molecule has 0 saturated carbocycles. The maximum Gasteiger partial charge on any atom is 0.222 e. The number of hydrogen-bond donors (Lipinski definition) is 1. The summed E-state index contributed by atoms with van der Waals surface area (Å²) >= 11 is 0. The average molecular weight is 323 g/mol. The molecule has 0 spiro atoms. The Morgan fingerprint density at radius 1 is 1.48 bits per heavy atom. The molecule has 1 saturated heterocycles. The predicted octanol–water partition coefficient (Wildman–Crippen LogP) is 2.81. The van der Waals surface area contributed by atoms with Crippen LogP contribution >= 0.6 is 0 Å². The lowest BCUT2D eigenvalue weighted by Crippen LogP contribution is -2.37. The smallest absolute Gasteiger partial charge is 0.222 e. The van der Waals surface area contributed by atoms with Crippen molar-refractivity contribution in [1.82, 2.24) is 5.32 Å². The summed E-state index contributed by atoms with van der Waals surface area (Å²) < 4.78 is 24.3. The van der Waals surface area contributed by atoms with E-state index in [-0.39, 0.29) is 23.2 Å². The fourth-order valence-corrected chi connectivity index (χ4v) is 2.57. The average Bonchev–Trinajstić information content (AvgIpc) is 3.03. The van der Waals surface area contributed by atoms with Crippen LogP contribution in [0.25, 0.3) is 0 Å². The van der Waals surface area contributed by atoms with E-state index in [9.17, 15) is 9.18 Å². The standard InChI is InChI=1S/C18H26FNO3/c1-18(2,14-5-3-6-15(19)11-14)13-20-17(21)8-10-22-12-16-7-4-9-23-16/h3,5-6,11,16H,4,7-10,12-13H2,1-2H3,(H,20,21)/t16-/m0/s1. The van der Waals surface area contributed by atoms with E-state index < -0.39 is 0 Å². The molecule has 1 heterocycles. The summed E-state index contributed by atoms with van der Waals surface area (Å²) in [5, 5.41) is 2.90. The Labute approximate surface area is 137 Å². The Balaban J connectivity index is 1.66. The first-order valence-electron chi connectivity index (χ1n) is 8.19. The van der Waals surface area contributed by atoms with Gasteiger partial charge in [-0.15, -0.1) is 0 Å². The fourth-order valence-electron chi connectivity index (χ4n) is 2.57. The molecule has 23 heavy (non-hydrogen) atoms. The van der Waals surface area contributed by atoms with Crippen molar-refractivity contribution in [2.45, 2.75) is 44.6 Å².